The number of anilines is 1. The fourth-order valence-corrected chi connectivity index (χ4v) is 6.18. The number of fused-ring (bicyclic) bond motifs is 1. The molecule has 3 aromatic rings. The maximum atomic E-state index is 13.5. The van der Waals surface area contributed by atoms with Crippen molar-refractivity contribution in [1.29, 1.82) is 0 Å². The summed E-state index contributed by atoms with van der Waals surface area (Å²) in [5, 5.41) is 8.90. The topological polar surface area (TPSA) is 78.3 Å². The van der Waals surface area contributed by atoms with Crippen LogP contribution in [-0.4, -0.2) is 33.4 Å². The molecule has 1 aromatic heterocycles. The molecule has 2 heterocycles. The number of rotatable bonds is 7. The van der Waals surface area contributed by atoms with Gasteiger partial charge in [-0.05, 0) is 69.3 Å². The molecular weight excluding hydrogens is 552 g/mol. The predicted molar refractivity (Wildman–Crippen MR) is 149 cm³/mol. The number of hydrogen-bond donors (Lipinski definition) is 1. The average Bonchev–Trinajstić information content (AvgIpc) is 3.23. The molecule has 0 spiro atoms. The fraction of sp³-hybridized carbons (Fsp3) is 0.393. The summed E-state index contributed by atoms with van der Waals surface area (Å²) in [6.45, 7) is 8.82. The van der Waals surface area contributed by atoms with Gasteiger partial charge in [-0.3, -0.25) is 4.79 Å². The lowest BCUT2D eigenvalue weighted by atomic mass is 9.73. The van der Waals surface area contributed by atoms with E-state index in [-0.39, 0.29) is 11.2 Å². The summed E-state index contributed by atoms with van der Waals surface area (Å²) >= 11 is 5.30. The molecule has 1 atom stereocenters. The number of nitrogens with one attached hydrogen (secondary N) is 1. The van der Waals surface area contributed by atoms with Crippen molar-refractivity contribution in [2.45, 2.75) is 58.3 Å². The number of thioether (sulfide) groups is 1. The number of benzene rings is 2. The molecule has 1 N–H and O–H groups in total. The number of aromatic nitrogens is 3. The molecule has 1 aliphatic carbocycles. The molecule has 0 saturated carbocycles. The van der Waals surface area contributed by atoms with Gasteiger partial charge in [0.05, 0.1) is 11.6 Å². The summed E-state index contributed by atoms with van der Waals surface area (Å²) in [7, 11) is 1.63. The van der Waals surface area contributed by atoms with Gasteiger partial charge in [0.1, 0.15) is 12.6 Å². The molecule has 1 unspecified atom stereocenters. The minimum atomic E-state index is -0.413. The van der Waals surface area contributed by atoms with E-state index in [1.54, 1.807) is 18.9 Å². The van der Waals surface area contributed by atoms with Gasteiger partial charge in [0, 0.05) is 17.7 Å². The molecule has 5 rings (SSSR count). The standard InChI is InChI=1S/C28H31BrN4O3S/c1-6-37-27-31-26-30-20-13-28(3,4)14-21(34)23(20)24(33(26)32-27)18-11-19(29)25(22(12-18)35-5)36-15-17-10-8-7-9-16(17)2/h7-12,24H,6,13-15H2,1-5H3,(H,30,31,32). The number of methoxy groups -OCH3 is 1. The van der Waals surface area contributed by atoms with E-state index in [0.29, 0.717) is 35.6 Å². The number of halogens is 1. The zero-order valence-electron chi connectivity index (χ0n) is 21.7. The van der Waals surface area contributed by atoms with E-state index in [0.717, 1.165) is 39.0 Å². The highest BCUT2D eigenvalue weighted by molar-refractivity contribution is 9.10. The molecule has 0 amide bonds. The van der Waals surface area contributed by atoms with Crippen molar-refractivity contribution >= 4 is 39.4 Å². The molecular formula is C28H31BrN4O3S. The van der Waals surface area contributed by atoms with Gasteiger partial charge in [-0.25, -0.2) is 4.68 Å². The Morgan fingerprint density at radius 3 is 2.76 bits per heavy atom. The van der Waals surface area contributed by atoms with Crippen molar-refractivity contribution < 1.29 is 14.3 Å². The third-order valence-electron chi connectivity index (χ3n) is 6.79. The molecule has 9 heteroatoms. The molecule has 37 heavy (non-hydrogen) atoms. The van der Waals surface area contributed by atoms with Gasteiger partial charge in [0.25, 0.3) is 0 Å². The van der Waals surface area contributed by atoms with Crippen molar-refractivity contribution in [3.63, 3.8) is 0 Å². The minimum absolute atomic E-state index is 0.123. The SMILES string of the molecule is CCSc1nc2n(n1)C(c1cc(Br)c(OCc3ccccc3C)c(OC)c1)C1=C(CC(C)(C)CC1=O)N2. The minimum Gasteiger partial charge on any atom is -0.493 e. The molecule has 0 saturated heterocycles. The molecule has 0 bridgehead atoms. The van der Waals surface area contributed by atoms with Crippen LogP contribution in [0.2, 0.25) is 0 Å². The van der Waals surface area contributed by atoms with Crippen LogP contribution < -0.4 is 14.8 Å². The van der Waals surface area contributed by atoms with Gasteiger partial charge >= 0.3 is 0 Å². The Labute approximate surface area is 230 Å². The molecule has 7 nitrogen and oxygen atoms in total. The van der Waals surface area contributed by atoms with Gasteiger partial charge < -0.3 is 14.8 Å². The Morgan fingerprint density at radius 2 is 2.03 bits per heavy atom. The highest BCUT2D eigenvalue weighted by atomic mass is 79.9. The monoisotopic (exact) mass is 582 g/mol. The van der Waals surface area contributed by atoms with Crippen LogP contribution in [0.5, 0.6) is 11.5 Å². The number of ether oxygens (including phenoxy) is 2. The van der Waals surface area contributed by atoms with Crippen molar-refractivity contribution in [2.75, 3.05) is 18.2 Å². The Kier molecular flexibility index (Phi) is 7.11. The maximum absolute atomic E-state index is 13.5. The summed E-state index contributed by atoms with van der Waals surface area (Å²) in [5.74, 6) is 2.85. The normalized spacial score (nSPS) is 18.2. The Balaban J connectivity index is 1.58. The van der Waals surface area contributed by atoms with Gasteiger partial charge in [0.15, 0.2) is 17.3 Å². The average molecular weight is 584 g/mol. The Bertz CT molecular complexity index is 1400. The van der Waals surface area contributed by atoms with Crippen LogP contribution in [0.4, 0.5) is 5.95 Å². The van der Waals surface area contributed by atoms with E-state index in [2.05, 4.69) is 61.1 Å². The Hall–Kier alpha value is -2.78. The molecule has 2 aromatic carbocycles. The number of carbonyl (C=O) groups excluding carboxylic acids is 1. The lowest BCUT2D eigenvalue weighted by Gasteiger charge is -2.38. The van der Waals surface area contributed by atoms with Crippen LogP contribution in [0.3, 0.4) is 0 Å². The van der Waals surface area contributed by atoms with E-state index in [4.69, 9.17) is 19.6 Å². The molecule has 0 radical (unpaired) electrons. The second kappa shape index (κ2) is 10.2. The summed E-state index contributed by atoms with van der Waals surface area (Å²) in [5.41, 5.74) is 4.70. The van der Waals surface area contributed by atoms with Gasteiger partial charge in [0.2, 0.25) is 11.1 Å². The van der Waals surface area contributed by atoms with Crippen LogP contribution in [0.1, 0.15) is 56.3 Å². The van der Waals surface area contributed by atoms with E-state index in [1.807, 2.05) is 28.9 Å². The van der Waals surface area contributed by atoms with Crippen LogP contribution in [0.15, 0.2) is 57.3 Å². The first kappa shape index (κ1) is 25.9. The van der Waals surface area contributed by atoms with Crippen LogP contribution in [0, 0.1) is 12.3 Å². The predicted octanol–water partition coefficient (Wildman–Crippen LogP) is 6.71. The van der Waals surface area contributed by atoms with Crippen molar-refractivity contribution in [1.82, 2.24) is 14.8 Å². The number of carbonyl (C=O) groups is 1. The largest absolute Gasteiger partial charge is 0.493 e. The number of Topliss-reactive ketones (excluding diaryl/α,β-unsaturated/α-hetero) is 1. The first-order valence-electron chi connectivity index (χ1n) is 12.4. The molecule has 1 aliphatic heterocycles. The quantitative estimate of drug-likeness (QED) is 0.310. The molecule has 194 valence electrons. The van der Waals surface area contributed by atoms with E-state index < -0.39 is 6.04 Å². The summed E-state index contributed by atoms with van der Waals surface area (Å²) < 4.78 is 14.6. The lowest BCUT2D eigenvalue weighted by Crippen LogP contribution is -2.36. The molecule has 0 fully saturated rings. The fourth-order valence-electron chi connectivity index (χ4n) is 5.05. The van der Waals surface area contributed by atoms with E-state index in [1.165, 1.54) is 5.56 Å². The molecule has 2 aliphatic rings. The number of nitrogens with zero attached hydrogens (tertiary/aromatic N) is 3. The van der Waals surface area contributed by atoms with Gasteiger partial charge in [-0.15, -0.1) is 5.10 Å². The number of ketones is 1. The highest BCUT2D eigenvalue weighted by Gasteiger charge is 2.42. The summed E-state index contributed by atoms with van der Waals surface area (Å²) in [6.07, 6.45) is 1.25. The van der Waals surface area contributed by atoms with Crippen molar-refractivity contribution in [3.8, 4) is 11.5 Å². The van der Waals surface area contributed by atoms with Crippen molar-refractivity contribution in [3.05, 3.63) is 68.8 Å². The van der Waals surface area contributed by atoms with Crippen LogP contribution >= 0.6 is 27.7 Å². The van der Waals surface area contributed by atoms with E-state index in [9.17, 15) is 4.79 Å². The van der Waals surface area contributed by atoms with Crippen LogP contribution in [0.25, 0.3) is 0 Å². The highest BCUT2D eigenvalue weighted by Crippen LogP contribution is 2.48. The zero-order chi connectivity index (χ0) is 26.3. The third kappa shape index (κ3) is 5.03. The first-order valence-corrected chi connectivity index (χ1v) is 14.2. The first-order chi connectivity index (χ1) is 17.7. The third-order valence-corrected chi connectivity index (χ3v) is 8.10. The maximum Gasteiger partial charge on any atom is 0.227 e. The van der Waals surface area contributed by atoms with Crippen molar-refractivity contribution in [2.24, 2.45) is 5.41 Å². The smallest absolute Gasteiger partial charge is 0.227 e. The Morgan fingerprint density at radius 1 is 1.24 bits per heavy atom. The second-order valence-corrected chi connectivity index (χ2v) is 12.3. The van der Waals surface area contributed by atoms with E-state index >= 15 is 0 Å². The number of hydrogen-bond acceptors (Lipinski definition) is 7. The van der Waals surface area contributed by atoms with Gasteiger partial charge in [-0.2, -0.15) is 4.98 Å². The number of allylic oxidation sites excluding steroid dienone is 2. The zero-order valence-corrected chi connectivity index (χ0v) is 24.1. The van der Waals surface area contributed by atoms with Gasteiger partial charge in [-0.1, -0.05) is 56.8 Å². The summed E-state index contributed by atoms with van der Waals surface area (Å²) in [4.78, 5) is 18.3. The summed E-state index contributed by atoms with van der Waals surface area (Å²) in [6, 6.07) is 11.7. The second-order valence-electron chi connectivity index (χ2n) is 10.2. The number of aryl methyl sites for hydroxylation is 1. The van der Waals surface area contributed by atoms with Crippen LogP contribution in [-0.2, 0) is 11.4 Å². The lowest BCUT2D eigenvalue weighted by molar-refractivity contribution is -0.118.